The SMILES string of the molecule is CCc1ccc([C@H]2C(=C(O)c3ccc(OC)c(OC)c3)C(=O)C(=O)N2CCc2c[nH]c3ccc(OC)cc23)cc1. The van der Waals surface area contributed by atoms with Gasteiger partial charge in [-0.1, -0.05) is 31.2 Å². The molecule has 0 radical (unpaired) electrons. The molecule has 8 heteroatoms. The molecule has 0 bridgehead atoms. The Morgan fingerprint density at radius 2 is 1.68 bits per heavy atom. The normalized spacial score (nSPS) is 16.5. The van der Waals surface area contributed by atoms with Crippen LogP contribution in [-0.4, -0.2) is 54.6 Å². The molecule has 206 valence electrons. The standard InChI is InChI=1S/C32H32N2O6/c1-5-19-6-8-20(9-7-19)29-28(30(35)21-10-13-26(39-3)27(16-21)40-4)31(36)32(37)34(29)15-14-22-18-33-25-12-11-23(38-2)17-24(22)25/h6-13,16-18,29,33,35H,5,14-15H2,1-4H3/t29-/m0/s1. The number of ether oxygens (including phenoxy) is 3. The van der Waals surface area contributed by atoms with E-state index in [2.05, 4.69) is 11.9 Å². The number of benzene rings is 3. The summed E-state index contributed by atoms with van der Waals surface area (Å²) >= 11 is 0. The van der Waals surface area contributed by atoms with E-state index in [1.54, 1.807) is 30.2 Å². The van der Waals surface area contributed by atoms with E-state index in [1.165, 1.54) is 14.2 Å². The number of Topliss-reactive ketones (excluding diaryl/α,β-unsaturated/α-hetero) is 1. The van der Waals surface area contributed by atoms with Gasteiger partial charge in [0.15, 0.2) is 11.5 Å². The number of carbonyl (C=O) groups excluding carboxylic acids is 2. The van der Waals surface area contributed by atoms with Crippen molar-refractivity contribution in [1.29, 1.82) is 0 Å². The minimum atomic E-state index is -0.751. The van der Waals surface area contributed by atoms with Gasteiger partial charge in [0.25, 0.3) is 11.7 Å². The lowest BCUT2D eigenvalue weighted by atomic mass is 9.94. The first-order chi connectivity index (χ1) is 19.4. The summed E-state index contributed by atoms with van der Waals surface area (Å²) in [5.41, 5.74) is 4.23. The molecule has 0 spiro atoms. The second-order valence-electron chi connectivity index (χ2n) is 9.63. The fourth-order valence-corrected chi connectivity index (χ4v) is 5.26. The van der Waals surface area contributed by atoms with Crippen molar-refractivity contribution in [3.63, 3.8) is 0 Å². The van der Waals surface area contributed by atoms with Gasteiger partial charge in [-0.2, -0.15) is 0 Å². The highest BCUT2D eigenvalue weighted by Gasteiger charge is 2.46. The lowest BCUT2D eigenvalue weighted by molar-refractivity contribution is -0.139. The van der Waals surface area contributed by atoms with Gasteiger partial charge in [0.1, 0.15) is 11.5 Å². The van der Waals surface area contributed by atoms with Gasteiger partial charge < -0.3 is 29.2 Å². The van der Waals surface area contributed by atoms with Crippen LogP contribution in [0.5, 0.6) is 17.2 Å². The second kappa shape index (κ2) is 11.2. The van der Waals surface area contributed by atoms with Crippen LogP contribution in [0.15, 0.2) is 72.4 Å². The molecule has 4 aromatic rings. The molecule has 40 heavy (non-hydrogen) atoms. The van der Waals surface area contributed by atoms with Crippen molar-refractivity contribution in [3.05, 3.63) is 94.7 Å². The van der Waals surface area contributed by atoms with Crippen molar-refractivity contribution >= 4 is 28.4 Å². The van der Waals surface area contributed by atoms with Gasteiger partial charge in [0.05, 0.1) is 32.9 Å². The molecule has 1 amide bonds. The van der Waals surface area contributed by atoms with Crippen molar-refractivity contribution in [2.45, 2.75) is 25.8 Å². The largest absolute Gasteiger partial charge is 0.507 e. The maximum Gasteiger partial charge on any atom is 0.295 e. The van der Waals surface area contributed by atoms with Crippen molar-refractivity contribution in [2.24, 2.45) is 0 Å². The summed E-state index contributed by atoms with van der Waals surface area (Å²) in [6.45, 7) is 2.34. The van der Waals surface area contributed by atoms with Crippen LogP contribution in [0.4, 0.5) is 0 Å². The Bertz CT molecular complexity index is 1600. The highest BCUT2D eigenvalue weighted by Crippen LogP contribution is 2.41. The predicted octanol–water partition coefficient (Wildman–Crippen LogP) is 5.42. The number of carbonyl (C=O) groups is 2. The monoisotopic (exact) mass is 540 g/mol. The molecule has 3 aromatic carbocycles. The maximum atomic E-state index is 13.5. The van der Waals surface area contributed by atoms with E-state index in [-0.39, 0.29) is 17.9 Å². The van der Waals surface area contributed by atoms with E-state index in [0.717, 1.165) is 39.8 Å². The van der Waals surface area contributed by atoms with Gasteiger partial charge >= 0.3 is 0 Å². The zero-order chi connectivity index (χ0) is 28.4. The number of H-pyrrole nitrogens is 1. The lowest BCUT2D eigenvalue weighted by Crippen LogP contribution is -2.31. The number of aryl methyl sites for hydroxylation is 1. The average Bonchev–Trinajstić information content (AvgIpc) is 3.52. The number of nitrogens with zero attached hydrogens (tertiary/aromatic N) is 1. The molecule has 1 saturated heterocycles. The third kappa shape index (κ3) is 4.77. The Hall–Kier alpha value is -4.72. The number of ketones is 1. The Kier molecular flexibility index (Phi) is 7.51. The second-order valence-corrected chi connectivity index (χ2v) is 9.63. The molecule has 0 unspecified atom stereocenters. The Labute approximate surface area is 232 Å². The Morgan fingerprint density at radius 3 is 2.35 bits per heavy atom. The molecule has 2 N–H and O–H groups in total. The number of rotatable bonds is 9. The number of methoxy groups -OCH3 is 3. The van der Waals surface area contributed by atoms with Gasteiger partial charge in [-0.05, 0) is 65.9 Å². The molecule has 0 aliphatic carbocycles. The number of amides is 1. The summed E-state index contributed by atoms with van der Waals surface area (Å²) in [4.78, 5) is 31.8. The number of aromatic amines is 1. The summed E-state index contributed by atoms with van der Waals surface area (Å²) in [5, 5.41) is 12.4. The lowest BCUT2D eigenvalue weighted by Gasteiger charge is -2.25. The number of aromatic nitrogens is 1. The van der Waals surface area contributed by atoms with Crippen LogP contribution in [0.1, 0.15) is 35.2 Å². The fraction of sp³-hybridized carbons (Fsp3) is 0.250. The number of aliphatic hydroxyl groups is 1. The quantitative estimate of drug-likeness (QED) is 0.167. The zero-order valence-corrected chi connectivity index (χ0v) is 23.0. The van der Waals surface area contributed by atoms with E-state index in [4.69, 9.17) is 14.2 Å². The van der Waals surface area contributed by atoms with E-state index in [0.29, 0.717) is 23.5 Å². The van der Waals surface area contributed by atoms with Gasteiger partial charge in [0, 0.05) is 29.2 Å². The van der Waals surface area contributed by atoms with E-state index in [1.807, 2.05) is 48.7 Å². The molecule has 1 atom stereocenters. The van der Waals surface area contributed by atoms with Gasteiger partial charge in [-0.3, -0.25) is 9.59 Å². The summed E-state index contributed by atoms with van der Waals surface area (Å²) in [7, 11) is 4.64. The predicted molar refractivity (Wildman–Crippen MR) is 153 cm³/mol. The molecule has 2 heterocycles. The third-order valence-electron chi connectivity index (χ3n) is 7.50. The van der Waals surface area contributed by atoms with Gasteiger partial charge in [0.2, 0.25) is 0 Å². The number of hydrogen-bond acceptors (Lipinski definition) is 6. The number of hydrogen-bond donors (Lipinski definition) is 2. The molecule has 0 saturated carbocycles. The van der Waals surface area contributed by atoms with Crippen molar-refractivity contribution in [2.75, 3.05) is 27.9 Å². The molecular weight excluding hydrogens is 508 g/mol. The first-order valence-corrected chi connectivity index (χ1v) is 13.1. The number of nitrogens with one attached hydrogen (secondary N) is 1. The van der Waals surface area contributed by atoms with Gasteiger partial charge in [-0.25, -0.2) is 0 Å². The van der Waals surface area contributed by atoms with Crippen LogP contribution in [0.2, 0.25) is 0 Å². The number of fused-ring (bicyclic) bond motifs is 1. The van der Waals surface area contributed by atoms with Crippen LogP contribution in [0.25, 0.3) is 16.7 Å². The first-order valence-electron chi connectivity index (χ1n) is 13.1. The molecule has 1 aliphatic heterocycles. The molecule has 1 aliphatic rings. The fourth-order valence-electron chi connectivity index (χ4n) is 5.26. The highest BCUT2D eigenvalue weighted by molar-refractivity contribution is 6.46. The van der Waals surface area contributed by atoms with Crippen LogP contribution in [0.3, 0.4) is 0 Å². The van der Waals surface area contributed by atoms with Crippen molar-refractivity contribution < 1.29 is 28.9 Å². The minimum Gasteiger partial charge on any atom is -0.507 e. The van der Waals surface area contributed by atoms with E-state index in [9.17, 15) is 14.7 Å². The number of likely N-dealkylation sites (tertiary alicyclic amines) is 1. The topological polar surface area (TPSA) is 101 Å². The third-order valence-corrected chi connectivity index (χ3v) is 7.50. The number of aliphatic hydroxyl groups excluding tert-OH is 1. The van der Waals surface area contributed by atoms with E-state index < -0.39 is 17.7 Å². The maximum absolute atomic E-state index is 13.5. The molecular formula is C32H32N2O6. The summed E-state index contributed by atoms with van der Waals surface area (Å²) in [6.07, 6.45) is 3.27. The summed E-state index contributed by atoms with van der Waals surface area (Å²) in [5.74, 6) is -0.00893. The summed E-state index contributed by atoms with van der Waals surface area (Å²) < 4.78 is 16.1. The summed E-state index contributed by atoms with van der Waals surface area (Å²) in [6, 6.07) is 17.7. The van der Waals surface area contributed by atoms with Gasteiger partial charge in [-0.15, -0.1) is 0 Å². The Balaban J connectivity index is 1.57. The van der Waals surface area contributed by atoms with Crippen LogP contribution in [0, 0.1) is 0 Å². The van der Waals surface area contributed by atoms with Crippen molar-refractivity contribution in [1.82, 2.24) is 9.88 Å². The van der Waals surface area contributed by atoms with Crippen LogP contribution < -0.4 is 14.2 Å². The molecule has 1 fully saturated rings. The Morgan fingerprint density at radius 1 is 0.925 bits per heavy atom. The average molecular weight is 541 g/mol. The van der Waals surface area contributed by atoms with Crippen LogP contribution in [-0.2, 0) is 22.4 Å². The van der Waals surface area contributed by atoms with Crippen molar-refractivity contribution in [3.8, 4) is 17.2 Å². The first kappa shape index (κ1) is 26.9. The molecule has 1 aromatic heterocycles. The van der Waals surface area contributed by atoms with E-state index >= 15 is 0 Å². The smallest absolute Gasteiger partial charge is 0.295 e. The minimum absolute atomic E-state index is 0.0436. The highest BCUT2D eigenvalue weighted by atomic mass is 16.5. The molecule has 5 rings (SSSR count). The molecule has 8 nitrogen and oxygen atoms in total. The zero-order valence-electron chi connectivity index (χ0n) is 23.0. The van der Waals surface area contributed by atoms with Crippen LogP contribution >= 0.6 is 0 Å².